The van der Waals surface area contributed by atoms with Gasteiger partial charge in [-0.25, -0.2) is 0 Å². The second kappa shape index (κ2) is 6.02. The molecule has 1 saturated carbocycles. The van der Waals surface area contributed by atoms with Gasteiger partial charge in [-0.05, 0) is 32.6 Å². The lowest BCUT2D eigenvalue weighted by molar-refractivity contribution is -0.142. The van der Waals surface area contributed by atoms with Gasteiger partial charge in [0.05, 0.1) is 11.5 Å². The third kappa shape index (κ3) is 2.69. The summed E-state index contributed by atoms with van der Waals surface area (Å²) in [6.45, 7) is 4.90. The minimum Gasteiger partial charge on any atom is -0.376 e. The Kier molecular flexibility index (Phi) is 4.62. The van der Waals surface area contributed by atoms with Crippen LogP contribution in [0.4, 0.5) is 0 Å². The first-order valence-corrected chi connectivity index (χ1v) is 7.33. The van der Waals surface area contributed by atoms with Crippen LogP contribution in [-0.2, 0) is 9.53 Å². The van der Waals surface area contributed by atoms with Crippen LogP contribution in [0.2, 0.25) is 0 Å². The molecule has 2 aliphatic rings. The Labute approximate surface area is 110 Å². The monoisotopic (exact) mass is 254 g/mol. The maximum Gasteiger partial charge on any atom is 0.230 e. The summed E-state index contributed by atoms with van der Waals surface area (Å²) in [5, 5.41) is 0. The number of rotatable bonds is 5. The predicted octanol–water partition coefficient (Wildman–Crippen LogP) is 1.53. The van der Waals surface area contributed by atoms with Gasteiger partial charge in [0.2, 0.25) is 5.91 Å². The van der Waals surface area contributed by atoms with Crippen molar-refractivity contribution in [1.29, 1.82) is 0 Å². The first-order chi connectivity index (χ1) is 8.72. The molecular formula is C14H26N2O2. The number of hydrogen-bond acceptors (Lipinski definition) is 3. The molecule has 1 aliphatic heterocycles. The van der Waals surface area contributed by atoms with Crippen molar-refractivity contribution < 1.29 is 9.53 Å². The lowest BCUT2D eigenvalue weighted by atomic mass is 9.84. The normalized spacial score (nSPS) is 26.4. The summed E-state index contributed by atoms with van der Waals surface area (Å²) in [6.07, 6.45) is 6.65. The standard InChI is InChI=1S/C14H26N2O2/c1-2-16(10-12-6-5-9-18-12)13(17)14(11-15)7-3-4-8-14/h12H,2-11,15H2,1H3. The molecule has 1 atom stereocenters. The molecule has 1 saturated heterocycles. The molecule has 1 unspecified atom stereocenters. The smallest absolute Gasteiger partial charge is 0.230 e. The SMILES string of the molecule is CCN(CC1CCCO1)C(=O)C1(CN)CCCC1. The van der Waals surface area contributed by atoms with E-state index in [0.717, 1.165) is 58.2 Å². The summed E-state index contributed by atoms with van der Waals surface area (Å²) in [5.74, 6) is 0.264. The highest BCUT2D eigenvalue weighted by Gasteiger charge is 2.42. The number of carbonyl (C=O) groups is 1. The molecule has 0 aromatic rings. The number of nitrogens with zero attached hydrogens (tertiary/aromatic N) is 1. The molecule has 1 amide bonds. The van der Waals surface area contributed by atoms with Gasteiger partial charge in [0, 0.05) is 26.2 Å². The van der Waals surface area contributed by atoms with Crippen LogP contribution in [0.3, 0.4) is 0 Å². The molecule has 2 N–H and O–H groups in total. The quantitative estimate of drug-likeness (QED) is 0.809. The largest absolute Gasteiger partial charge is 0.376 e. The summed E-state index contributed by atoms with van der Waals surface area (Å²) in [7, 11) is 0. The van der Waals surface area contributed by atoms with Gasteiger partial charge >= 0.3 is 0 Å². The van der Waals surface area contributed by atoms with Crippen molar-refractivity contribution in [2.75, 3.05) is 26.2 Å². The van der Waals surface area contributed by atoms with Crippen molar-refractivity contribution >= 4 is 5.91 Å². The molecule has 4 nitrogen and oxygen atoms in total. The van der Waals surface area contributed by atoms with Crippen molar-refractivity contribution in [1.82, 2.24) is 4.90 Å². The van der Waals surface area contributed by atoms with Crippen LogP contribution in [0.1, 0.15) is 45.4 Å². The van der Waals surface area contributed by atoms with Crippen LogP contribution >= 0.6 is 0 Å². The summed E-state index contributed by atoms with van der Waals surface area (Å²) >= 11 is 0. The lowest BCUT2D eigenvalue weighted by Gasteiger charge is -2.34. The Morgan fingerprint density at radius 1 is 1.39 bits per heavy atom. The minimum atomic E-state index is -0.269. The van der Waals surface area contributed by atoms with Crippen LogP contribution in [-0.4, -0.2) is 43.2 Å². The third-order valence-electron chi connectivity index (χ3n) is 4.52. The lowest BCUT2D eigenvalue weighted by Crippen LogP contribution is -2.48. The molecule has 0 aromatic carbocycles. The molecule has 0 bridgehead atoms. The zero-order valence-electron chi connectivity index (χ0n) is 11.5. The van der Waals surface area contributed by atoms with E-state index in [-0.39, 0.29) is 17.4 Å². The molecule has 2 rings (SSSR count). The number of hydrogen-bond donors (Lipinski definition) is 1. The highest BCUT2D eigenvalue weighted by molar-refractivity contribution is 5.83. The number of amides is 1. The van der Waals surface area contributed by atoms with Gasteiger partial charge in [0.15, 0.2) is 0 Å². The fraction of sp³-hybridized carbons (Fsp3) is 0.929. The molecule has 104 valence electrons. The number of carbonyl (C=O) groups excluding carboxylic acids is 1. The second-order valence-electron chi connectivity index (χ2n) is 5.67. The maximum absolute atomic E-state index is 12.7. The third-order valence-corrected chi connectivity index (χ3v) is 4.52. The van der Waals surface area contributed by atoms with Crippen molar-refractivity contribution in [3.63, 3.8) is 0 Å². The topological polar surface area (TPSA) is 55.6 Å². The van der Waals surface area contributed by atoms with Gasteiger partial charge < -0.3 is 15.4 Å². The summed E-state index contributed by atoms with van der Waals surface area (Å²) in [5.41, 5.74) is 5.62. The first kappa shape index (κ1) is 13.8. The highest BCUT2D eigenvalue weighted by Crippen LogP contribution is 2.39. The zero-order valence-corrected chi connectivity index (χ0v) is 11.5. The van der Waals surface area contributed by atoms with Crippen molar-refractivity contribution in [2.24, 2.45) is 11.1 Å². The van der Waals surface area contributed by atoms with E-state index < -0.39 is 0 Å². The van der Waals surface area contributed by atoms with E-state index in [1.165, 1.54) is 0 Å². The van der Waals surface area contributed by atoms with Crippen molar-refractivity contribution in [2.45, 2.75) is 51.6 Å². The van der Waals surface area contributed by atoms with E-state index in [4.69, 9.17) is 10.5 Å². The fourth-order valence-corrected chi connectivity index (χ4v) is 3.28. The van der Waals surface area contributed by atoms with Gasteiger partial charge in [-0.3, -0.25) is 4.79 Å². The maximum atomic E-state index is 12.7. The highest BCUT2D eigenvalue weighted by atomic mass is 16.5. The van der Waals surface area contributed by atoms with Gasteiger partial charge in [-0.15, -0.1) is 0 Å². The van der Waals surface area contributed by atoms with E-state index >= 15 is 0 Å². The Hall–Kier alpha value is -0.610. The van der Waals surface area contributed by atoms with Gasteiger partial charge in [-0.1, -0.05) is 12.8 Å². The second-order valence-corrected chi connectivity index (χ2v) is 5.67. The molecule has 0 aromatic heterocycles. The Bertz CT molecular complexity index is 282. The Balaban J connectivity index is 1.99. The van der Waals surface area contributed by atoms with Gasteiger partial charge in [-0.2, -0.15) is 0 Å². The van der Waals surface area contributed by atoms with Crippen molar-refractivity contribution in [3.8, 4) is 0 Å². The van der Waals surface area contributed by atoms with E-state index in [0.29, 0.717) is 6.54 Å². The van der Waals surface area contributed by atoms with Crippen LogP contribution in [0.15, 0.2) is 0 Å². The van der Waals surface area contributed by atoms with E-state index in [1.54, 1.807) is 0 Å². The Morgan fingerprint density at radius 2 is 2.11 bits per heavy atom. The first-order valence-electron chi connectivity index (χ1n) is 7.33. The summed E-state index contributed by atoms with van der Waals surface area (Å²) in [6, 6.07) is 0. The average Bonchev–Trinajstić information content (AvgIpc) is 3.06. The number of likely N-dealkylation sites (N-methyl/N-ethyl adjacent to an activating group) is 1. The molecular weight excluding hydrogens is 228 g/mol. The van der Waals surface area contributed by atoms with Crippen LogP contribution in [0.25, 0.3) is 0 Å². The minimum absolute atomic E-state index is 0.241. The van der Waals surface area contributed by atoms with Gasteiger partial charge in [0.1, 0.15) is 0 Å². The molecule has 0 radical (unpaired) electrons. The molecule has 4 heteroatoms. The Morgan fingerprint density at radius 3 is 2.61 bits per heavy atom. The van der Waals surface area contributed by atoms with Crippen LogP contribution in [0.5, 0.6) is 0 Å². The molecule has 1 heterocycles. The molecule has 1 aliphatic carbocycles. The molecule has 18 heavy (non-hydrogen) atoms. The van der Waals surface area contributed by atoms with Crippen molar-refractivity contribution in [3.05, 3.63) is 0 Å². The van der Waals surface area contributed by atoms with Crippen LogP contribution < -0.4 is 5.73 Å². The van der Waals surface area contributed by atoms with Gasteiger partial charge in [0.25, 0.3) is 0 Å². The average molecular weight is 254 g/mol. The summed E-state index contributed by atoms with van der Waals surface area (Å²) < 4.78 is 5.64. The summed E-state index contributed by atoms with van der Waals surface area (Å²) in [4.78, 5) is 14.7. The molecule has 0 spiro atoms. The number of ether oxygens (including phenoxy) is 1. The van der Waals surface area contributed by atoms with E-state index in [1.807, 2.05) is 11.8 Å². The predicted molar refractivity (Wildman–Crippen MR) is 71.2 cm³/mol. The van der Waals surface area contributed by atoms with E-state index in [9.17, 15) is 4.79 Å². The number of nitrogens with two attached hydrogens (primary N) is 1. The van der Waals surface area contributed by atoms with E-state index in [2.05, 4.69) is 0 Å². The molecule has 2 fully saturated rings. The zero-order chi connectivity index (χ0) is 13.0. The fourth-order valence-electron chi connectivity index (χ4n) is 3.28. The van der Waals surface area contributed by atoms with Crippen LogP contribution in [0, 0.1) is 5.41 Å².